The van der Waals surface area contributed by atoms with Crippen LogP contribution < -0.4 is 15.4 Å². The van der Waals surface area contributed by atoms with Crippen molar-refractivity contribution in [3.05, 3.63) is 35.5 Å². The first kappa shape index (κ1) is 12.4. The number of alkyl halides is 2. The third kappa shape index (κ3) is 3.01. The van der Waals surface area contributed by atoms with Crippen molar-refractivity contribution < 1.29 is 18.3 Å². The molecule has 0 atom stereocenters. The van der Waals surface area contributed by atoms with E-state index < -0.39 is 6.61 Å². The number of ether oxygens (including phenoxy) is 1. The molecule has 2 rings (SSSR count). The Morgan fingerprint density at radius 1 is 1.22 bits per heavy atom. The fourth-order valence-electron chi connectivity index (χ4n) is 1.39. The standard InChI is InChI=1S/C11H8F2N2O2S/c12-10(13)17-7-3-1-6(2-4-7)5-8-9(16)15-11(18)14-8/h1-5,10H,(H2,14,15,16,18). The highest BCUT2D eigenvalue weighted by Gasteiger charge is 2.19. The predicted molar refractivity (Wildman–Crippen MR) is 64.9 cm³/mol. The molecule has 1 amide bonds. The molecule has 94 valence electrons. The van der Waals surface area contributed by atoms with E-state index in [1.165, 1.54) is 12.1 Å². The molecule has 0 bridgehead atoms. The normalized spacial score (nSPS) is 16.9. The molecule has 1 aromatic rings. The van der Waals surface area contributed by atoms with Crippen LogP contribution in [-0.4, -0.2) is 17.6 Å². The van der Waals surface area contributed by atoms with Crippen LogP contribution in [0.2, 0.25) is 0 Å². The maximum Gasteiger partial charge on any atom is 0.387 e. The molecule has 1 heterocycles. The number of nitrogens with one attached hydrogen (secondary N) is 2. The second kappa shape index (κ2) is 5.09. The molecule has 1 saturated heterocycles. The minimum Gasteiger partial charge on any atom is -0.435 e. The number of thiocarbonyl (C=S) groups is 1. The molecule has 0 unspecified atom stereocenters. The fraction of sp³-hybridized carbons (Fsp3) is 0.0909. The van der Waals surface area contributed by atoms with Crippen molar-refractivity contribution in [3.8, 4) is 5.75 Å². The first-order chi connectivity index (χ1) is 8.54. The molecular weight excluding hydrogens is 262 g/mol. The second-order valence-electron chi connectivity index (χ2n) is 3.41. The summed E-state index contributed by atoms with van der Waals surface area (Å²) >= 11 is 4.77. The minimum absolute atomic E-state index is 0.0616. The van der Waals surface area contributed by atoms with Crippen LogP contribution in [0.15, 0.2) is 30.0 Å². The molecule has 4 nitrogen and oxygen atoms in total. The summed E-state index contributed by atoms with van der Waals surface area (Å²) in [7, 11) is 0. The lowest BCUT2D eigenvalue weighted by atomic mass is 10.2. The van der Waals surface area contributed by atoms with Crippen LogP contribution in [0.4, 0.5) is 8.78 Å². The highest BCUT2D eigenvalue weighted by atomic mass is 32.1. The Labute approximate surface area is 107 Å². The van der Waals surface area contributed by atoms with Gasteiger partial charge in [0.2, 0.25) is 0 Å². The quantitative estimate of drug-likeness (QED) is 0.647. The molecule has 0 aromatic heterocycles. The summed E-state index contributed by atoms with van der Waals surface area (Å²) < 4.78 is 28.1. The Morgan fingerprint density at radius 3 is 2.39 bits per heavy atom. The maximum atomic E-state index is 11.9. The molecule has 0 aliphatic carbocycles. The van der Waals surface area contributed by atoms with Gasteiger partial charge in [0.15, 0.2) is 5.11 Å². The molecule has 0 saturated carbocycles. The maximum absolute atomic E-state index is 11.9. The van der Waals surface area contributed by atoms with Crippen LogP contribution >= 0.6 is 12.2 Å². The summed E-state index contributed by atoms with van der Waals surface area (Å²) in [6.07, 6.45) is 1.56. The van der Waals surface area contributed by atoms with Crippen molar-refractivity contribution in [3.63, 3.8) is 0 Å². The van der Waals surface area contributed by atoms with Crippen molar-refractivity contribution >= 4 is 29.3 Å². The number of halogens is 2. The number of rotatable bonds is 3. The van der Waals surface area contributed by atoms with Gasteiger partial charge in [0.25, 0.3) is 5.91 Å². The Balaban J connectivity index is 2.13. The van der Waals surface area contributed by atoms with E-state index in [1.807, 2.05) is 0 Å². The van der Waals surface area contributed by atoms with Gasteiger partial charge in [0, 0.05) is 0 Å². The van der Waals surface area contributed by atoms with Gasteiger partial charge in [0.05, 0.1) is 0 Å². The van der Waals surface area contributed by atoms with Gasteiger partial charge < -0.3 is 10.1 Å². The SMILES string of the molecule is O=C1NC(=S)NC1=Cc1ccc(OC(F)F)cc1. The van der Waals surface area contributed by atoms with Crippen molar-refractivity contribution in [2.75, 3.05) is 0 Å². The number of amides is 1. The van der Waals surface area contributed by atoms with E-state index in [-0.39, 0.29) is 16.8 Å². The zero-order chi connectivity index (χ0) is 13.1. The van der Waals surface area contributed by atoms with Gasteiger partial charge in [-0.05, 0) is 36.0 Å². The van der Waals surface area contributed by atoms with Gasteiger partial charge in [-0.2, -0.15) is 8.78 Å². The summed E-state index contributed by atoms with van der Waals surface area (Å²) in [5, 5.41) is 5.33. The van der Waals surface area contributed by atoms with Crippen LogP contribution in [-0.2, 0) is 4.79 Å². The Bertz CT molecular complexity index is 514. The van der Waals surface area contributed by atoms with E-state index in [0.717, 1.165) is 0 Å². The van der Waals surface area contributed by atoms with Crippen LogP contribution in [0.1, 0.15) is 5.56 Å². The van der Waals surface area contributed by atoms with Crippen LogP contribution in [0.25, 0.3) is 6.08 Å². The van der Waals surface area contributed by atoms with Crippen molar-refractivity contribution in [1.29, 1.82) is 0 Å². The number of carbonyl (C=O) groups is 1. The molecule has 1 aliphatic rings. The largest absolute Gasteiger partial charge is 0.435 e. The topological polar surface area (TPSA) is 50.4 Å². The first-order valence-electron chi connectivity index (χ1n) is 4.93. The highest BCUT2D eigenvalue weighted by Crippen LogP contribution is 2.16. The van der Waals surface area contributed by atoms with E-state index in [0.29, 0.717) is 11.3 Å². The van der Waals surface area contributed by atoms with E-state index >= 15 is 0 Å². The number of hydrogen-bond donors (Lipinski definition) is 2. The molecule has 7 heteroatoms. The van der Waals surface area contributed by atoms with Crippen LogP contribution in [0.5, 0.6) is 5.75 Å². The summed E-state index contributed by atoms with van der Waals surface area (Å²) in [6.45, 7) is -2.85. The van der Waals surface area contributed by atoms with Gasteiger partial charge in [-0.1, -0.05) is 12.1 Å². The fourth-order valence-corrected chi connectivity index (χ4v) is 1.60. The average Bonchev–Trinajstić information content (AvgIpc) is 2.59. The molecule has 1 fully saturated rings. The van der Waals surface area contributed by atoms with Crippen molar-refractivity contribution in [1.82, 2.24) is 10.6 Å². The number of benzene rings is 1. The summed E-state index contributed by atoms with van der Waals surface area (Å²) in [6, 6.07) is 5.90. The zero-order valence-corrected chi connectivity index (χ0v) is 9.76. The smallest absolute Gasteiger partial charge is 0.387 e. The monoisotopic (exact) mass is 270 g/mol. The highest BCUT2D eigenvalue weighted by molar-refractivity contribution is 7.80. The second-order valence-corrected chi connectivity index (χ2v) is 3.82. The average molecular weight is 270 g/mol. The summed E-state index contributed by atoms with van der Waals surface area (Å²) in [5.41, 5.74) is 0.974. The number of hydrogen-bond acceptors (Lipinski definition) is 3. The third-order valence-corrected chi connectivity index (χ3v) is 2.34. The number of carbonyl (C=O) groups excluding carboxylic acids is 1. The van der Waals surface area contributed by atoms with E-state index in [1.54, 1.807) is 18.2 Å². The molecule has 0 spiro atoms. The molecule has 1 aliphatic heterocycles. The van der Waals surface area contributed by atoms with E-state index in [4.69, 9.17) is 12.2 Å². The molecule has 1 aromatic carbocycles. The van der Waals surface area contributed by atoms with E-state index in [2.05, 4.69) is 15.4 Å². The van der Waals surface area contributed by atoms with Crippen LogP contribution in [0.3, 0.4) is 0 Å². The van der Waals surface area contributed by atoms with Gasteiger partial charge in [0.1, 0.15) is 11.4 Å². The molecule has 18 heavy (non-hydrogen) atoms. The molecular formula is C11H8F2N2O2S. The summed E-state index contributed by atoms with van der Waals surface area (Å²) in [5.74, 6) is -0.264. The van der Waals surface area contributed by atoms with Crippen LogP contribution in [0, 0.1) is 0 Å². The lowest BCUT2D eigenvalue weighted by molar-refractivity contribution is -0.115. The lowest BCUT2D eigenvalue weighted by Crippen LogP contribution is -2.21. The van der Waals surface area contributed by atoms with Gasteiger partial charge in [-0.25, -0.2) is 0 Å². The first-order valence-corrected chi connectivity index (χ1v) is 5.34. The summed E-state index contributed by atoms with van der Waals surface area (Å²) in [4.78, 5) is 11.3. The third-order valence-electron chi connectivity index (χ3n) is 2.14. The Hall–Kier alpha value is -2.02. The van der Waals surface area contributed by atoms with Crippen molar-refractivity contribution in [2.45, 2.75) is 6.61 Å². The van der Waals surface area contributed by atoms with Gasteiger partial charge in [-0.15, -0.1) is 0 Å². The van der Waals surface area contributed by atoms with Gasteiger partial charge >= 0.3 is 6.61 Å². The van der Waals surface area contributed by atoms with Crippen molar-refractivity contribution in [2.24, 2.45) is 0 Å². The van der Waals surface area contributed by atoms with E-state index in [9.17, 15) is 13.6 Å². The Morgan fingerprint density at radius 2 is 1.89 bits per heavy atom. The zero-order valence-electron chi connectivity index (χ0n) is 8.94. The minimum atomic E-state index is -2.85. The Kier molecular flexibility index (Phi) is 3.52. The molecule has 0 radical (unpaired) electrons. The lowest BCUT2D eigenvalue weighted by Gasteiger charge is -2.04. The van der Waals surface area contributed by atoms with Gasteiger partial charge in [-0.3, -0.25) is 10.1 Å². The molecule has 2 N–H and O–H groups in total. The predicted octanol–water partition coefficient (Wildman–Crippen LogP) is 1.63.